The topological polar surface area (TPSA) is 79.7 Å². The third kappa shape index (κ3) is 3.97. The Kier molecular flexibility index (Phi) is 5.37. The SMILES string of the molecule is CCc1ccc2[nH]c(=O)c([C@@H](c3nnnn3C(C)(C)C)N3CCc4ccccc4C3)cc2c1. The molecule has 0 saturated heterocycles. The highest BCUT2D eigenvalue weighted by Crippen LogP contribution is 2.33. The number of hydrogen-bond acceptors (Lipinski definition) is 5. The second-order valence-corrected chi connectivity index (χ2v) is 9.84. The second-order valence-electron chi connectivity index (χ2n) is 9.84. The lowest BCUT2D eigenvalue weighted by Gasteiger charge is -2.36. The third-order valence-electron chi connectivity index (χ3n) is 6.54. The summed E-state index contributed by atoms with van der Waals surface area (Å²) in [5.74, 6) is 0.693. The van der Waals surface area contributed by atoms with Gasteiger partial charge in [0.05, 0.1) is 5.54 Å². The van der Waals surface area contributed by atoms with Crippen molar-refractivity contribution in [1.29, 1.82) is 0 Å². The minimum absolute atomic E-state index is 0.0981. The largest absolute Gasteiger partial charge is 0.322 e. The zero-order valence-electron chi connectivity index (χ0n) is 19.7. The first-order chi connectivity index (χ1) is 15.8. The van der Waals surface area contributed by atoms with Crippen LogP contribution in [0.3, 0.4) is 0 Å². The Morgan fingerprint density at radius 1 is 1.09 bits per heavy atom. The number of aryl methyl sites for hydroxylation is 1. The van der Waals surface area contributed by atoms with E-state index >= 15 is 0 Å². The van der Waals surface area contributed by atoms with E-state index in [1.54, 1.807) is 0 Å². The summed E-state index contributed by atoms with van der Waals surface area (Å²) in [6.07, 6.45) is 1.87. The summed E-state index contributed by atoms with van der Waals surface area (Å²) < 4.78 is 1.85. The van der Waals surface area contributed by atoms with E-state index in [0.29, 0.717) is 11.4 Å². The van der Waals surface area contributed by atoms with Crippen molar-refractivity contribution in [2.45, 2.75) is 58.7 Å². The molecule has 0 unspecified atom stereocenters. The summed E-state index contributed by atoms with van der Waals surface area (Å²) in [5.41, 5.74) is 5.00. The summed E-state index contributed by atoms with van der Waals surface area (Å²) in [4.78, 5) is 18.9. The van der Waals surface area contributed by atoms with E-state index in [4.69, 9.17) is 0 Å². The molecule has 7 heteroatoms. The number of aromatic nitrogens is 5. The molecule has 2 aromatic carbocycles. The number of aromatic amines is 1. The first-order valence-corrected chi connectivity index (χ1v) is 11.6. The Hall–Kier alpha value is -3.32. The number of nitrogens with one attached hydrogen (secondary N) is 1. The van der Waals surface area contributed by atoms with Gasteiger partial charge in [-0.2, -0.15) is 0 Å². The molecule has 1 N–H and O–H groups in total. The number of nitrogens with zero attached hydrogens (tertiary/aromatic N) is 5. The van der Waals surface area contributed by atoms with Gasteiger partial charge in [0.2, 0.25) is 0 Å². The fourth-order valence-corrected chi connectivity index (χ4v) is 4.78. The van der Waals surface area contributed by atoms with Gasteiger partial charge in [0, 0.05) is 24.2 Å². The molecule has 170 valence electrons. The molecule has 0 amide bonds. The summed E-state index contributed by atoms with van der Waals surface area (Å²) in [5, 5.41) is 13.8. The Bertz CT molecular complexity index is 1360. The van der Waals surface area contributed by atoms with E-state index < -0.39 is 0 Å². The quantitative estimate of drug-likeness (QED) is 0.517. The number of hydrogen-bond donors (Lipinski definition) is 1. The number of pyridine rings is 1. The number of fused-ring (bicyclic) bond motifs is 2. The second kappa shape index (κ2) is 8.23. The molecule has 0 bridgehead atoms. The van der Waals surface area contributed by atoms with Gasteiger partial charge in [0.1, 0.15) is 6.04 Å². The van der Waals surface area contributed by atoms with Crippen LogP contribution in [0.5, 0.6) is 0 Å². The number of tetrazole rings is 1. The summed E-state index contributed by atoms with van der Waals surface area (Å²) in [6, 6.07) is 16.4. The minimum Gasteiger partial charge on any atom is -0.322 e. The van der Waals surface area contributed by atoms with Gasteiger partial charge in [-0.25, -0.2) is 4.68 Å². The number of rotatable bonds is 4. The fraction of sp³-hybridized carbons (Fsp3) is 0.385. The van der Waals surface area contributed by atoms with Gasteiger partial charge >= 0.3 is 0 Å². The van der Waals surface area contributed by atoms with Gasteiger partial charge in [-0.05, 0) is 84.3 Å². The van der Waals surface area contributed by atoms with Crippen LogP contribution < -0.4 is 5.56 Å². The average molecular weight is 443 g/mol. The fourth-order valence-electron chi connectivity index (χ4n) is 4.78. The maximum absolute atomic E-state index is 13.4. The third-order valence-corrected chi connectivity index (χ3v) is 6.54. The standard InChI is InChI=1S/C26H30N6O/c1-5-17-10-11-22-20(14-17)15-21(25(33)27-22)23(24-28-29-30-32(24)26(2,3)4)31-13-12-18-8-6-7-9-19(18)16-31/h6-11,14-15,23H,5,12-13,16H2,1-4H3,(H,27,33)/t23-/m0/s1. The van der Waals surface area contributed by atoms with Crippen LogP contribution >= 0.6 is 0 Å². The van der Waals surface area contributed by atoms with E-state index in [0.717, 1.165) is 36.8 Å². The van der Waals surface area contributed by atoms with Gasteiger partial charge in [-0.1, -0.05) is 37.3 Å². The first-order valence-electron chi connectivity index (χ1n) is 11.6. The summed E-state index contributed by atoms with van der Waals surface area (Å²) in [6.45, 7) is 9.93. The molecular formula is C26H30N6O. The molecule has 1 aliphatic rings. The lowest BCUT2D eigenvalue weighted by atomic mass is 9.95. The van der Waals surface area contributed by atoms with Gasteiger partial charge in [0.25, 0.3) is 5.56 Å². The van der Waals surface area contributed by atoms with E-state index in [2.05, 4.69) is 89.5 Å². The lowest BCUT2D eigenvalue weighted by Crippen LogP contribution is -2.40. The van der Waals surface area contributed by atoms with Crippen LogP contribution in [-0.4, -0.2) is 36.6 Å². The van der Waals surface area contributed by atoms with Gasteiger partial charge in [0.15, 0.2) is 5.82 Å². The molecule has 33 heavy (non-hydrogen) atoms. The van der Waals surface area contributed by atoms with Crippen molar-refractivity contribution >= 4 is 10.9 Å². The van der Waals surface area contributed by atoms with Crippen LogP contribution in [0.25, 0.3) is 10.9 Å². The maximum Gasteiger partial charge on any atom is 0.253 e. The van der Waals surface area contributed by atoms with Gasteiger partial charge in [-0.15, -0.1) is 5.10 Å². The molecule has 5 rings (SSSR count). The highest BCUT2D eigenvalue weighted by Gasteiger charge is 2.34. The smallest absolute Gasteiger partial charge is 0.253 e. The van der Waals surface area contributed by atoms with E-state index in [9.17, 15) is 4.79 Å². The predicted molar refractivity (Wildman–Crippen MR) is 129 cm³/mol. The van der Waals surface area contributed by atoms with Crippen molar-refractivity contribution in [2.75, 3.05) is 6.54 Å². The van der Waals surface area contributed by atoms with Crippen molar-refractivity contribution in [2.24, 2.45) is 0 Å². The van der Waals surface area contributed by atoms with Crippen molar-refractivity contribution in [3.05, 3.63) is 87.0 Å². The highest BCUT2D eigenvalue weighted by molar-refractivity contribution is 5.80. The van der Waals surface area contributed by atoms with Crippen LogP contribution in [0.4, 0.5) is 0 Å². The van der Waals surface area contributed by atoms with Crippen molar-refractivity contribution < 1.29 is 0 Å². The molecule has 0 radical (unpaired) electrons. The summed E-state index contributed by atoms with van der Waals surface area (Å²) >= 11 is 0. The van der Waals surface area contributed by atoms with E-state index in [1.807, 2.05) is 16.8 Å². The maximum atomic E-state index is 13.4. The molecular weight excluding hydrogens is 412 g/mol. The number of H-pyrrole nitrogens is 1. The van der Waals surface area contributed by atoms with Crippen molar-refractivity contribution in [3.63, 3.8) is 0 Å². The zero-order valence-corrected chi connectivity index (χ0v) is 19.7. The Labute approximate surface area is 193 Å². The van der Waals surface area contributed by atoms with E-state index in [-0.39, 0.29) is 17.1 Å². The lowest BCUT2D eigenvalue weighted by molar-refractivity contribution is 0.185. The average Bonchev–Trinajstić information content (AvgIpc) is 3.29. The van der Waals surface area contributed by atoms with Crippen LogP contribution in [0, 0.1) is 0 Å². The summed E-state index contributed by atoms with van der Waals surface area (Å²) in [7, 11) is 0. The molecule has 1 atom stereocenters. The highest BCUT2D eigenvalue weighted by atomic mass is 16.1. The molecule has 0 saturated carbocycles. The number of benzene rings is 2. The molecule has 3 heterocycles. The van der Waals surface area contributed by atoms with Crippen molar-refractivity contribution in [3.8, 4) is 0 Å². The molecule has 7 nitrogen and oxygen atoms in total. The Morgan fingerprint density at radius 2 is 1.88 bits per heavy atom. The first kappa shape index (κ1) is 21.5. The van der Waals surface area contributed by atoms with Crippen molar-refractivity contribution in [1.82, 2.24) is 30.1 Å². The predicted octanol–water partition coefficient (Wildman–Crippen LogP) is 3.98. The Balaban J connectivity index is 1.69. The molecule has 0 aliphatic carbocycles. The van der Waals surface area contributed by atoms with Gasteiger partial charge in [-0.3, -0.25) is 9.69 Å². The minimum atomic E-state index is -0.356. The van der Waals surface area contributed by atoms with Gasteiger partial charge < -0.3 is 4.98 Å². The van der Waals surface area contributed by atoms with Crippen LogP contribution in [0.1, 0.15) is 61.8 Å². The van der Waals surface area contributed by atoms with Crippen LogP contribution in [0.2, 0.25) is 0 Å². The molecule has 4 aromatic rings. The molecule has 0 spiro atoms. The van der Waals surface area contributed by atoms with Crippen LogP contribution in [-0.2, 0) is 24.9 Å². The Morgan fingerprint density at radius 3 is 2.64 bits per heavy atom. The molecule has 2 aromatic heterocycles. The van der Waals surface area contributed by atoms with Crippen LogP contribution in [0.15, 0.2) is 53.3 Å². The molecule has 0 fully saturated rings. The zero-order chi connectivity index (χ0) is 23.2. The normalized spacial score (nSPS) is 15.5. The van der Waals surface area contributed by atoms with E-state index in [1.165, 1.54) is 16.7 Å². The molecule has 1 aliphatic heterocycles. The monoisotopic (exact) mass is 442 g/mol.